The van der Waals surface area contributed by atoms with Crippen molar-refractivity contribution in [2.45, 2.75) is 13.1 Å². The zero-order chi connectivity index (χ0) is 20.5. The quantitative estimate of drug-likeness (QED) is 0.219. The molecule has 0 amide bonds. The van der Waals surface area contributed by atoms with Crippen molar-refractivity contribution in [2.75, 3.05) is 12.5 Å². The van der Waals surface area contributed by atoms with Gasteiger partial charge in [-0.15, -0.1) is 0 Å². The minimum Gasteiger partial charge on any atom is -0.495 e. The van der Waals surface area contributed by atoms with Crippen molar-refractivity contribution in [3.8, 4) is 5.75 Å². The first-order valence-corrected chi connectivity index (χ1v) is 8.64. The number of hydrogen-bond acceptors (Lipinski definition) is 3. The van der Waals surface area contributed by atoms with Crippen molar-refractivity contribution in [2.24, 2.45) is 5.10 Å². The molecular formula is C16H10Br2F6N2O. The van der Waals surface area contributed by atoms with E-state index in [4.69, 9.17) is 4.74 Å². The minimum atomic E-state index is -5.24. The topological polar surface area (TPSA) is 33.6 Å². The summed E-state index contributed by atoms with van der Waals surface area (Å²) in [5, 5.41) is 3.57. The summed E-state index contributed by atoms with van der Waals surface area (Å²) in [5.74, 6) is -5.48. The fraction of sp³-hybridized carbons (Fsp3) is 0.188. The Labute approximate surface area is 166 Å². The molecule has 0 aliphatic heterocycles. The van der Waals surface area contributed by atoms with Crippen molar-refractivity contribution in [3.63, 3.8) is 0 Å². The summed E-state index contributed by atoms with van der Waals surface area (Å²) >= 11 is 6.49. The van der Waals surface area contributed by atoms with E-state index >= 15 is 0 Å². The lowest BCUT2D eigenvalue weighted by Crippen LogP contribution is -2.15. The first-order valence-electron chi connectivity index (χ1n) is 7.05. The number of methoxy groups -OCH3 is 1. The number of nitrogens with one attached hydrogen (secondary N) is 1. The Hall–Kier alpha value is -1.75. The Bertz CT molecular complexity index is 886. The van der Waals surface area contributed by atoms with E-state index in [1.165, 1.54) is 7.11 Å². The van der Waals surface area contributed by atoms with Gasteiger partial charge >= 0.3 is 6.18 Å². The third kappa shape index (κ3) is 4.40. The summed E-state index contributed by atoms with van der Waals surface area (Å²) in [7, 11) is 1.38. The lowest BCUT2D eigenvalue weighted by Gasteiger charge is -2.15. The standard InChI is InChI=1S/C16H10Br2F6N2O/c1-6-10(16(22,23)24)12(20)13(21)14(11(6)19)26-25-5-7-3-8(17)4-9(18)15(7)27-2/h3-5,26H,1-2H3/b25-5+. The van der Waals surface area contributed by atoms with Crippen LogP contribution in [-0.4, -0.2) is 13.3 Å². The van der Waals surface area contributed by atoms with Crippen molar-refractivity contribution in [1.82, 2.24) is 0 Å². The summed E-state index contributed by atoms with van der Waals surface area (Å²) in [6, 6.07) is 3.25. The normalized spacial score (nSPS) is 11.9. The summed E-state index contributed by atoms with van der Waals surface area (Å²) in [4.78, 5) is 0. The highest BCUT2D eigenvalue weighted by molar-refractivity contribution is 9.11. The number of rotatable bonds is 4. The number of halogens is 8. The van der Waals surface area contributed by atoms with Gasteiger partial charge in [-0.1, -0.05) is 15.9 Å². The molecular weight excluding hydrogens is 510 g/mol. The molecule has 0 atom stereocenters. The van der Waals surface area contributed by atoms with Crippen LogP contribution in [0.1, 0.15) is 16.7 Å². The maximum absolute atomic E-state index is 14.2. The van der Waals surface area contributed by atoms with E-state index in [9.17, 15) is 26.3 Å². The third-order valence-corrected chi connectivity index (χ3v) is 4.51. The average molecular weight is 520 g/mol. The van der Waals surface area contributed by atoms with Crippen LogP contribution in [0, 0.1) is 24.4 Å². The van der Waals surface area contributed by atoms with Crippen LogP contribution in [0.2, 0.25) is 0 Å². The molecule has 0 spiro atoms. The Morgan fingerprint density at radius 3 is 2.26 bits per heavy atom. The number of nitrogens with zero attached hydrogens (tertiary/aromatic N) is 1. The zero-order valence-corrected chi connectivity index (χ0v) is 16.8. The Morgan fingerprint density at radius 1 is 1.07 bits per heavy atom. The molecule has 2 aromatic rings. The average Bonchev–Trinajstić information content (AvgIpc) is 2.54. The summed E-state index contributed by atoms with van der Waals surface area (Å²) < 4.78 is 86.6. The molecule has 0 radical (unpaired) electrons. The van der Waals surface area contributed by atoms with Crippen molar-refractivity contribution >= 4 is 43.8 Å². The van der Waals surface area contributed by atoms with Gasteiger partial charge in [-0.25, -0.2) is 13.2 Å². The highest BCUT2D eigenvalue weighted by Crippen LogP contribution is 2.39. The lowest BCUT2D eigenvalue weighted by molar-refractivity contribution is -0.141. The molecule has 0 saturated heterocycles. The second kappa shape index (κ2) is 8.09. The van der Waals surface area contributed by atoms with Crippen LogP contribution < -0.4 is 10.2 Å². The Morgan fingerprint density at radius 2 is 1.70 bits per heavy atom. The van der Waals surface area contributed by atoms with E-state index < -0.39 is 40.4 Å². The molecule has 146 valence electrons. The molecule has 0 heterocycles. The number of anilines is 1. The van der Waals surface area contributed by atoms with Gasteiger partial charge in [0, 0.05) is 15.6 Å². The Balaban J connectivity index is 2.44. The molecule has 0 aliphatic carbocycles. The maximum atomic E-state index is 14.2. The lowest BCUT2D eigenvalue weighted by atomic mass is 10.1. The fourth-order valence-electron chi connectivity index (χ4n) is 2.27. The first kappa shape index (κ1) is 21.5. The van der Waals surface area contributed by atoms with Crippen molar-refractivity contribution < 1.29 is 31.1 Å². The molecule has 0 saturated carbocycles. The summed E-state index contributed by atoms with van der Waals surface area (Å²) in [6.07, 6.45) is -4.13. The van der Waals surface area contributed by atoms with Crippen LogP contribution in [0.25, 0.3) is 0 Å². The predicted molar refractivity (Wildman–Crippen MR) is 95.7 cm³/mol. The monoisotopic (exact) mass is 518 g/mol. The van der Waals surface area contributed by atoms with Crippen molar-refractivity contribution in [1.29, 1.82) is 0 Å². The summed E-state index contributed by atoms with van der Waals surface area (Å²) in [5.41, 5.74) is -1.94. The fourth-order valence-corrected chi connectivity index (χ4v) is 3.69. The predicted octanol–water partition coefficient (Wildman–Crippen LogP) is 6.41. The van der Waals surface area contributed by atoms with Crippen LogP contribution in [0.15, 0.2) is 26.2 Å². The van der Waals surface area contributed by atoms with Crippen LogP contribution >= 0.6 is 31.9 Å². The Kier molecular flexibility index (Phi) is 6.46. The van der Waals surface area contributed by atoms with Gasteiger partial charge in [0.2, 0.25) is 0 Å². The molecule has 2 rings (SSSR count). The molecule has 0 bridgehead atoms. The highest BCUT2D eigenvalue weighted by Gasteiger charge is 2.40. The molecule has 0 unspecified atom stereocenters. The zero-order valence-electron chi connectivity index (χ0n) is 13.6. The molecule has 27 heavy (non-hydrogen) atoms. The second-order valence-corrected chi connectivity index (χ2v) is 6.96. The summed E-state index contributed by atoms with van der Waals surface area (Å²) in [6.45, 7) is 0.698. The van der Waals surface area contributed by atoms with Crippen molar-refractivity contribution in [3.05, 3.63) is 55.2 Å². The van der Waals surface area contributed by atoms with E-state index in [-0.39, 0.29) is 0 Å². The minimum absolute atomic E-state index is 0.347. The smallest absolute Gasteiger partial charge is 0.419 e. The van der Waals surface area contributed by atoms with Crippen LogP contribution in [0.3, 0.4) is 0 Å². The van der Waals surface area contributed by atoms with Gasteiger partial charge in [-0.3, -0.25) is 5.43 Å². The van der Waals surface area contributed by atoms with Gasteiger partial charge in [0.15, 0.2) is 17.5 Å². The molecule has 3 nitrogen and oxygen atoms in total. The van der Waals surface area contributed by atoms with Gasteiger partial charge in [0.05, 0.1) is 17.8 Å². The van der Waals surface area contributed by atoms with E-state index in [1.54, 1.807) is 12.1 Å². The number of hydrogen-bond donors (Lipinski definition) is 1. The number of alkyl halides is 3. The first-order chi connectivity index (χ1) is 12.5. The van der Waals surface area contributed by atoms with E-state index in [0.717, 1.165) is 6.21 Å². The van der Waals surface area contributed by atoms with Gasteiger partial charge in [0.25, 0.3) is 0 Å². The van der Waals surface area contributed by atoms with Gasteiger partial charge < -0.3 is 4.74 Å². The van der Waals surface area contributed by atoms with Gasteiger partial charge in [-0.2, -0.15) is 18.3 Å². The van der Waals surface area contributed by atoms with Crippen LogP contribution in [0.4, 0.5) is 32.0 Å². The molecule has 0 aromatic heterocycles. The number of hydrazone groups is 1. The number of ether oxygens (including phenoxy) is 1. The second-order valence-electron chi connectivity index (χ2n) is 5.19. The molecule has 0 aliphatic rings. The van der Waals surface area contributed by atoms with Crippen LogP contribution in [-0.2, 0) is 6.18 Å². The molecule has 0 fully saturated rings. The van der Waals surface area contributed by atoms with Crippen LogP contribution in [0.5, 0.6) is 5.75 Å². The van der Waals surface area contributed by atoms with Gasteiger partial charge in [0.1, 0.15) is 17.0 Å². The molecule has 2 aromatic carbocycles. The van der Waals surface area contributed by atoms with E-state index in [2.05, 4.69) is 37.0 Å². The molecule has 11 heteroatoms. The number of benzene rings is 2. The van der Waals surface area contributed by atoms with Gasteiger partial charge in [-0.05, 0) is 35.0 Å². The molecule has 1 N–H and O–H groups in total. The van der Waals surface area contributed by atoms with E-state index in [1.807, 2.05) is 5.43 Å². The largest absolute Gasteiger partial charge is 0.495 e. The SMILES string of the molecule is COc1c(Br)cc(Br)cc1/C=N/Nc1c(F)c(C)c(C(F)(F)F)c(F)c1F. The maximum Gasteiger partial charge on any atom is 0.419 e. The third-order valence-electron chi connectivity index (χ3n) is 3.46. The van der Waals surface area contributed by atoms with E-state index in [0.29, 0.717) is 27.2 Å². The highest BCUT2D eigenvalue weighted by atomic mass is 79.9.